The van der Waals surface area contributed by atoms with Crippen LogP contribution in [-0.4, -0.2) is 10.1 Å². The van der Waals surface area contributed by atoms with E-state index in [-0.39, 0.29) is 0 Å². The van der Waals surface area contributed by atoms with Crippen LogP contribution in [0, 0.1) is 6.92 Å². The Morgan fingerprint density at radius 3 is 2.79 bits per heavy atom. The lowest BCUT2D eigenvalue weighted by Gasteiger charge is -2.07. The monoisotopic (exact) mass is 209 g/mol. The number of nitrogens with two attached hydrogens (primary N) is 1. The molecule has 0 saturated heterocycles. The van der Waals surface area contributed by atoms with Crippen molar-refractivity contribution in [2.45, 2.75) is 26.2 Å². The Morgan fingerprint density at radius 2 is 2.21 bits per heavy atom. The summed E-state index contributed by atoms with van der Waals surface area (Å²) in [6.45, 7) is 2.00. The largest absolute Gasteiger partial charge is 0.508 e. The number of thiocarbonyl (C=S) groups is 1. The quantitative estimate of drug-likeness (QED) is 0.748. The number of hydrogen-bond donors (Lipinski definition) is 2. The zero-order valence-electron chi connectivity index (χ0n) is 8.29. The first kappa shape index (κ1) is 11.0. The molecule has 1 aromatic carbocycles. The number of benzene rings is 1. The van der Waals surface area contributed by atoms with Crippen LogP contribution in [0.15, 0.2) is 18.2 Å². The summed E-state index contributed by atoms with van der Waals surface area (Å²) >= 11 is 4.79. The van der Waals surface area contributed by atoms with Gasteiger partial charge >= 0.3 is 0 Å². The Morgan fingerprint density at radius 1 is 1.50 bits per heavy atom. The molecule has 0 amide bonds. The normalized spacial score (nSPS) is 10.1. The van der Waals surface area contributed by atoms with Crippen LogP contribution in [-0.2, 0) is 6.42 Å². The van der Waals surface area contributed by atoms with E-state index < -0.39 is 0 Å². The molecule has 0 unspecified atom stereocenters. The first-order valence-electron chi connectivity index (χ1n) is 4.67. The van der Waals surface area contributed by atoms with Crippen molar-refractivity contribution in [2.24, 2.45) is 5.73 Å². The van der Waals surface area contributed by atoms with Crippen molar-refractivity contribution in [3.63, 3.8) is 0 Å². The average Bonchev–Trinajstić information content (AvgIpc) is 2.09. The van der Waals surface area contributed by atoms with Gasteiger partial charge in [-0.1, -0.05) is 24.4 Å². The molecular formula is C11H15NOS. The van der Waals surface area contributed by atoms with E-state index in [2.05, 4.69) is 0 Å². The summed E-state index contributed by atoms with van der Waals surface area (Å²) in [5, 5.41) is 9.59. The highest BCUT2D eigenvalue weighted by atomic mass is 32.1. The number of hydrogen-bond acceptors (Lipinski definition) is 2. The Bertz CT molecular complexity index is 316. The second-order valence-electron chi connectivity index (χ2n) is 3.39. The molecule has 76 valence electrons. The van der Waals surface area contributed by atoms with Crippen LogP contribution in [0.25, 0.3) is 0 Å². The Hall–Kier alpha value is -1.09. The maximum atomic E-state index is 9.59. The Balaban J connectivity index is 2.62. The van der Waals surface area contributed by atoms with Crippen molar-refractivity contribution in [1.29, 1.82) is 0 Å². The van der Waals surface area contributed by atoms with Gasteiger partial charge in [-0.2, -0.15) is 0 Å². The molecule has 1 aromatic rings. The third-order valence-corrected chi connectivity index (χ3v) is 2.44. The summed E-state index contributed by atoms with van der Waals surface area (Å²) in [5.74, 6) is 0.368. The van der Waals surface area contributed by atoms with Gasteiger partial charge in [0.15, 0.2) is 0 Å². The minimum absolute atomic E-state index is 0.368. The fourth-order valence-electron chi connectivity index (χ4n) is 1.45. The topological polar surface area (TPSA) is 46.2 Å². The maximum Gasteiger partial charge on any atom is 0.119 e. The van der Waals surface area contributed by atoms with Crippen LogP contribution in [0.2, 0.25) is 0 Å². The highest BCUT2D eigenvalue weighted by molar-refractivity contribution is 7.80. The van der Waals surface area contributed by atoms with Gasteiger partial charge in [0, 0.05) is 0 Å². The number of rotatable bonds is 4. The van der Waals surface area contributed by atoms with Crippen molar-refractivity contribution >= 4 is 17.2 Å². The highest BCUT2D eigenvalue weighted by Crippen LogP contribution is 2.22. The lowest BCUT2D eigenvalue weighted by Crippen LogP contribution is -2.07. The number of aromatic hydroxyl groups is 1. The zero-order chi connectivity index (χ0) is 10.6. The first-order chi connectivity index (χ1) is 6.61. The van der Waals surface area contributed by atoms with E-state index in [4.69, 9.17) is 18.0 Å². The van der Waals surface area contributed by atoms with Gasteiger partial charge in [-0.05, 0) is 43.4 Å². The summed E-state index contributed by atoms with van der Waals surface area (Å²) in [5.41, 5.74) is 7.52. The van der Waals surface area contributed by atoms with E-state index in [9.17, 15) is 5.11 Å². The zero-order valence-corrected chi connectivity index (χ0v) is 9.10. The van der Waals surface area contributed by atoms with Gasteiger partial charge in [-0.25, -0.2) is 0 Å². The Labute approximate surface area is 89.7 Å². The van der Waals surface area contributed by atoms with Crippen LogP contribution < -0.4 is 5.73 Å². The summed E-state index contributed by atoms with van der Waals surface area (Å²) in [6.07, 6.45) is 2.46. The molecule has 1 rings (SSSR count). The van der Waals surface area contributed by atoms with Crippen molar-refractivity contribution in [1.82, 2.24) is 0 Å². The van der Waals surface area contributed by atoms with Crippen LogP contribution in [0.4, 0.5) is 0 Å². The fraction of sp³-hybridized carbons (Fsp3) is 0.364. The predicted molar refractivity (Wildman–Crippen MR) is 62.6 cm³/mol. The Kier molecular flexibility index (Phi) is 3.89. The molecule has 3 heteroatoms. The molecule has 0 aliphatic rings. The number of phenols is 1. The molecule has 0 fully saturated rings. The molecule has 3 N–H and O–H groups in total. The van der Waals surface area contributed by atoms with E-state index in [1.54, 1.807) is 6.07 Å². The molecule has 0 spiro atoms. The van der Waals surface area contributed by atoms with E-state index in [1.165, 1.54) is 0 Å². The lowest BCUT2D eigenvalue weighted by atomic mass is 10.0. The van der Waals surface area contributed by atoms with E-state index in [1.807, 2.05) is 19.1 Å². The summed E-state index contributed by atoms with van der Waals surface area (Å²) in [7, 11) is 0. The van der Waals surface area contributed by atoms with Crippen LogP contribution in [0.1, 0.15) is 24.0 Å². The summed E-state index contributed by atoms with van der Waals surface area (Å²) < 4.78 is 0. The lowest BCUT2D eigenvalue weighted by molar-refractivity contribution is 0.466. The van der Waals surface area contributed by atoms with Gasteiger partial charge in [-0.3, -0.25) is 0 Å². The molecule has 0 aliphatic carbocycles. The SMILES string of the molecule is Cc1cccc(O)c1CCCC(N)=S. The molecule has 0 aliphatic heterocycles. The predicted octanol–water partition coefficient (Wildman–Crippen LogP) is 2.31. The third-order valence-electron chi connectivity index (χ3n) is 2.24. The molecule has 14 heavy (non-hydrogen) atoms. The van der Waals surface area contributed by atoms with Gasteiger partial charge in [-0.15, -0.1) is 0 Å². The minimum Gasteiger partial charge on any atom is -0.508 e. The third kappa shape index (κ3) is 3.00. The minimum atomic E-state index is 0.368. The molecule has 0 bridgehead atoms. The van der Waals surface area contributed by atoms with Crippen LogP contribution >= 0.6 is 12.2 Å². The summed E-state index contributed by atoms with van der Waals surface area (Å²) in [6, 6.07) is 5.56. The fourth-order valence-corrected chi connectivity index (χ4v) is 1.60. The standard InChI is InChI=1S/C11H15NOS/c1-8-4-2-6-10(13)9(8)5-3-7-11(12)14/h2,4,6,13H,3,5,7H2,1H3,(H2,12,14). The molecule has 0 aromatic heterocycles. The molecule has 0 heterocycles. The second-order valence-corrected chi connectivity index (χ2v) is 3.92. The van der Waals surface area contributed by atoms with Crippen LogP contribution in [0.5, 0.6) is 5.75 Å². The molecule has 0 saturated carbocycles. The molecule has 2 nitrogen and oxygen atoms in total. The van der Waals surface area contributed by atoms with Crippen molar-refractivity contribution in [3.8, 4) is 5.75 Å². The van der Waals surface area contributed by atoms with E-state index >= 15 is 0 Å². The van der Waals surface area contributed by atoms with Crippen molar-refractivity contribution in [2.75, 3.05) is 0 Å². The molecule has 0 atom stereocenters. The molecular weight excluding hydrogens is 194 g/mol. The number of phenolic OH excluding ortho intramolecular Hbond substituents is 1. The first-order valence-corrected chi connectivity index (χ1v) is 5.08. The molecule has 0 radical (unpaired) electrons. The summed E-state index contributed by atoms with van der Waals surface area (Å²) in [4.78, 5) is 0.540. The van der Waals surface area contributed by atoms with Gasteiger partial charge in [0.2, 0.25) is 0 Å². The number of aryl methyl sites for hydroxylation is 1. The van der Waals surface area contributed by atoms with E-state index in [0.29, 0.717) is 10.7 Å². The van der Waals surface area contributed by atoms with Crippen LogP contribution in [0.3, 0.4) is 0 Å². The average molecular weight is 209 g/mol. The van der Waals surface area contributed by atoms with Gasteiger partial charge < -0.3 is 10.8 Å². The second kappa shape index (κ2) is 4.96. The van der Waals surface area contributed by atoms with Gasteiger partial charge in [0.05, 0.1) is 4.99 Å². The van der Waals surface area contributed by atoms with Gasteiger partial charge in [0.1, 0.15) is 5.75 Å². The highest BCUT2D eigenvalue weighted by Gasteiger charge is 2.03. The smallest absolute Gasteiger partial charge is 0.119 e. The van der Waals surface area contributed by atoms with E-state index in [0.717, 1.165) is 30.4 Å². The van der Waals surface area contributed by atoms with Gasteiger partial charge in [0.25, 0.3) is 0 Å². The van der Waals surface area contributed by atoms with Crippen molar-refractivity contribution < 1.29 is 5.11 Å². The maximum absolute atomic E-state index is 9.59. The van der Waals surface area contributed by atoms with Crippen molar-refractivity contribution in [3.05, 3.63) is 29.3 Å².